The van der Waals surface area contributed by atoms with E-state index in [-0.39, 0.29) is 23.3 Å². The van der Waals surface area contributed by atoms with E-state index in [0.29, 0.717) is 6.54 Å². The van der Waals surface area contributed by atoms with Gasteiger partial charge >= 0.3 is 0 Å². The molecule has 1 spiro atoms. The highest BCUT2D eigenvalue weighted by molar-refractivity contribution is 5.82. The molecule has 1 aliphatic carbocycles. The molecule has 2 N–H and O–H groups in total. The average Bonchev–Trinajstić information content (AvgIpc) is 3.15. The molecule has 1 saturated carbocycles. The van der Waals surface area contributed by atoms with E-state index in [0.717, 1.165) is 70.2 Å². The number of hydrogen-bond donors (Lipinski definition) is 2. The van der Waals surface area contributed by atoms with Gasteiger partial charge in [-0.3, -0.25) is 9.69 Å². The smallest absolute Gasteiger partial charge is 0.223 e. The van der Waals surface area contributed by atoms with Crippen molar-refractivity contribution < 1.29 is 13.9 Å². The number of carbonyl (C=O) groups is 1. The van der Waals surface area contributed by atoms with Crippen LogP contribution in [-0.4, -0.2) is 56.7 Å². The fourth-order valence-corrected chi connectivity index (χ4v) is 4.45. The summed E-state index contributed by atoms with van der Waals surface area (Å²) >= 11 is 0. The predicted molar refractivity (Wildman–Crippen MR) is 94.2 cm³/mol. The number of furan rings is 1. The van der Waals surface area contributed by atoms with Crippen molar-refractivity contribution in [2.75, 3.05) is 45.9 Å². The first-order valence-electron chi connectivity index (χ1n) is 9.54. The van der Waals surface area contributed by atoms with Crippen LogP contribution in [-0.2, 0) is 9.53 Å². The summed E-state index contributed by atoms with van der Waals surface area (Å²) in [5, 5.41) is 6.61. The summed E-state index contributed by atoms with van der Waals surface area (Å²) in [6.45, 7) is 7.89. The Morgan fingerprint density at radius 3 is 2.80 bits per heavy atom. The van der Waals surface area contributed by atoms with Crippen molar-refractivity contribution in [2.45, 2.75) is 32.2 Å². The van der Waals surface area contributed by atoms with E-state index in [4.69, 9.17) is 9.15 Å². The number of nitrogens with zero attached hydrogens (tertiary/aromatic N) is 1. The lowest BCUT2D eigenvalue weighted by Crippen LogP contribution is -2.44. The number of rotatable bonds is 5. The van der Waals surface area contributed by atoms with E-state index in [2.05, 4.69) is 15.5 Å². The topological polar surface area (TPSA) is 66.7 Å². The highest BCUT2D eigenvalue weighted by Gasteiger charge is 2.57. The largest absolute Gasteiger partial charge is 0.465 e. The fraction of sp³-hybridized carbons (Fsp3) is 0.737. The van der Waals surface area contributed by atoms with Gasteiger partial charge in [0.25, 0.3) is 0 Å². The maximum Gasteiger partial charge on any atom is 0.223 e. The molecular weight excluding hydrogens is 318 g/mol. The van der Waals surface area contributed by atoms with Crippen molar-refractivity contribution in [1.29, 1.82) is 0 Å². The number of amides is 1. The molecule has 6 nitrogen and oxygen atoms in total. The number of carbonyl (C=O) groups excluding carboxylic acids is 1. The zero-order valence-corrected chi connectivity index (χ0v) is 15.1. The van der Waals surface area contributed by atoms with Crippen LogP contribution >= 0.6 is 0 Å². The molecule has 4 rings (SSSR count). The van der Waals surface area contributed by atoms with Gasteiger partial charge in [-0.25, -0.2) is 0 Å². The van der Waals surface area contributed by atoms with Gasteiger partial charge in [0.05, 0.1) is 19.3 Å². The maximum absolute atomic E-state index is 12.7. The molecule has 138 valence electrons. The van der Waals surface area contributed by atoms with Crippen LogP contribution in [0.5, 0.6) is 0 Å². The highest BCUT2D eigenvalue weighted by Crippen LogP contribution is 2.58. The second kappa shape index (κ2) is 7.09. The zero-order chi connectivity index (χ0) is 17.3. The monoisotopic (exact) mass is 347 g/mol. The van der Waals surface area contributed by atoms with E-state index in [1.807, 2.05) is 19.1 Å². The minimum absolute atomic E-state index is 0.0873. The molecule has 2 aliphatic heterocycles. The zero-order valence-electron chi connectivity index (χ0n) is 15.1. The van der Waals surface area contributed by atoms with Gasteiger partial charge in [0, 0.05) is 25.6 Å². The second-order valence-electron chi connectivity index (χ2n) is 7.73. The number of ether oxygens (including phenoxy) is 1. The summed E-state index contributed by atoms with van der Waals surface area (Å²) in [7, 11) is 0. The predicted octanol–water partition coefficient (Wildman–Crippen LogP) is 1.47. The summed E-state index contributed by atoms with van der Waals surface area (Å²) < 4.78 is 11.3. The van der Waals surface area contributed by atoms with E-state index in [9.17, 15) is 4.79 Å². The van der Waals surface area contributed by atoms with Crippen molar-refractivity contribution in [2.24, 2.45) is 11.3 Å². The molecule has 2 saturated heterocycles. The van der Waals surface area contributed by atoms with E-state index < -0.39 is 0 Å². The maximum atomic E-state index is 12.7. The van der Waals surface area contributed by atoms with Crippen molar-refractivity contribution in [1.82, 2.24) is 15.5 Å². The molecule has 2 unspecified atom stereocenters. The molecule has 3 fully saturated rings. The van der Waals surface area contributed by atoms with Crippen molar-refractivity contribution in [3.05, 3.63) is 23.7 Å². The van der Waals surface area contributed by atoms with E-state index >= 15 is 0 Å². The third-order valence-corrected chi connectivity index (χ3v) is 6.15. The second-order valence-corrected chi connectivity index (χ2v) is 7.73. The standard InChI is InChI=1S/C19H29N3O3/c1-14-2-3-17(25-14)16(22-8-10-24-11-9-22)13-21-18(23)15-12-19(15)4-6-20-7-5-19/h2-3,15-16,20H,4-13H2,1H3,(H,21,23). The van der Waals surface area contributed by atoms with E-state index in [1.54, 1.807) is 0 Å². The molecule has 6 heteroatoms. The Morgan fingerprint density at radius 2 is 2.12 bits per heavy atom. The first kappa shape index (κ1) is 17.1. The third-order valence-electron chi connectivity index (χ3n) is 6.15. The molecule has 0 radical (unpaired) electrons. The summed E-state index contributed by atoms with van der Waals surface area (Å²) in [5.41, 5.74) is 0.283. The van der Waals surface area contributed by atoms with Crippen LogP contribution in [0.3, 0.4) is 0 Å². The lowest BCUT2D eigenvalue weighted by Gasteiger charge is -2.33. The lowest BCUT2D eigenvalue weighted by molar-refractivity contribution is -0.123. The molecule has 3 heterocycles. The van der Waals surface area contributed by atoms with Gasteiger partial charge in [0.2, 0.25) is 5.91 Å². The molecule has 1 aromatic heterocycles. The summed E-state index contributed by atoms with van der Waals surface area (Å²) in [5.74, 6) is 2.28. The van der Waals surface area contributed by atoms with Crippen LogP contribution in [0, 0.1) is 18.3 Å². The number of aryl methyl sites for hydroxylation is 1. The average molecular weight is 347 g/mol. The molecular formula is C19H29N3O3. The molecule has 1 aromatic rings. The van der Waals surface area contributed by atoms with Crippen LogP contribution in [0.25, 0.3) is 0 Å². The first-order valence-corrected chi connectivity index (χ1v) is 9.54. The number of nitrogens with one attached hydrogen (secondary N) is 2. The minimum Gasteiger partial charge on any atom is -0.465 e. The third kappa shape index (κ3) is 3.61. The summed E-state index contributed by atoms with van der Waals surface area (Å²) in [4.78, 5) is 15.1. The summed E-state index contributed by atoms with van der Waals surface area (Å²) in [6, 6.07) is 4.12. The summed E-state index contributed by atoms with van der Waals surface area (Å²) in [6.07, 6.45) is 3.33. The molecule has 3 aliphatic rings. The van der Waals surface area contributed by atoms with Crippen LogP contribution in [0.1, 0.15) is 36.8 Å². The Morgan fingerprint density at radius 1 is 1.36 bits per heavy atom. The van der Waals surface area contributed by atoms with Gasteiger partial charge in [-0.15, -0.1) is 0 Å². The Kier molecular flexibility index (Phi) is 4.84. The fourth-order valence-electron chi connectivity index (χ4n) is 4.45. The highest BCUT2D eigenvalue weighted by atomic mass is 16.5. The Hall–Kier alpha value is -1.37. The molecule has 25 heavy (non-hydrogen) atoms. The van der Waals surface area contributed by atoms with Crippen LogP contribution in [0.4, 0.5) is 0 Å². The minimum atomic E-state index is 0.0873. The Labute approximate surface area is 149 Å². The van der Waals surface area contributed by atoms with Gasteiger partial charge in [-0.2, -0.15) is 0 Å². The Bertz CT molecular complexity index is 603. The van der Waals surface area contributed by atoms with Gasteiger partial charge in [0.15, 0.2) is 0 Å². The van der Waals surface area contributed by atoms with Crippen LogP contribution in [0.2, 0.25) is 0 Å². The quantitative estimate of drug-likeness (QED) is 0.844. The normalized spacial score (nSPS) is 27.2. The SMILES string of the molecule is Cc1ccc(C(CNC(=O)C2CC23CCNCC3)N2CCOCC2)o1. The van der Waals surface area contributed by atoms with Gasteiger partial charge in [-0.05, 0) is 56.8 Å². The molecule has 0 aromatic carbocycles. The van der Waals surface area contributed by atoms with Crippen molar-refractivity contribution in [3.8, 4) is 0 Å². The van der Waals surface area contributed by atoms with Gasteiger partial charge in [-0.1, -0.05) is 0 Å². The Balaban J connectivity index is 1.38. The molecule has 1 amide bonds. The number of morpholine rings is 1. The number of piperidine rings is 1. The van der Waals surface area contributed by atoms with Crippen LogP contribution < -0.4 is 10.6 Å². The first-order chi connectivity index (χ1) is 12.2. The molecule has 2 atom stereocenters. The van der Waals surface area contributed by atoms with Crippen molar-refractivity contribution in [3.63, 3.8) is 0 Å². The van der Waals surface area contributed by atoms with E-state index in [1.165, 1.54) is 0 Å². The van der Waals surface area contributed by atoms with Crippen LogP contribution in [0.15, 0.2) is 16.5 Å². The number of hydrogen-bond acceptors (Lipinski definition) is 5. The van der Waals surface area contributed by atoms with Gasteiger partial charge < -0.3 is 19.8 Å². The van der Waals surface area contributed by atoms with Gasteiger partial charge in [0.1, 0.15) is 11.5 Å². The lowest BCUT2D eigenvalue weighted by atomic mass is 9.92. The molecule has 0 bridgehead atoms. The van der Waals surface area contributed by atoms with Crippen molar-refractivity contribution >= 4 is 5.91 Å².